The highest BCUT2D eigenvalue weighted by Crippen LogP contribution is 2.47. The minimum Gasteiger partial charge on any atom is -0.496 e. The Bertz CT molecular complexity index is 1930. The lowest BCUT2D eigenvalue weighted by Crippen LogP contribution is -2.43. The van der Waals surface area contributed by atoms with Gasteiger partial charge in [-0.15, -0.1) is 13.2 Å². The van der Waals surface area contributed by atoms with Crippen molar-refractivity contribution in [2.75, 3.05) is 27.9 Å². The van der Waals surface area contributed by atoms with Crippen LogP contribution in [0.4, 0.5) is 13.2 Å². The number of hydrogen-bond acceptors (Lipinski definition) is 7. The number of ether oxygens (including phenoxy) is 5. The van der Waals surface area contributed by atoms with E-state index in [0.717, 1.165) is 17.5 Å². The fraction of sp³-hybridized carbons (Fsp3) is 0.243. The fourth-order valence-corrected chi connectivity index (χ4v) is 6.12. The van der Waals surface area contributed by atoms with Crippen LogP contribution in [0.25, 0.3) is 11.1 Å². The molecule has 50 heavy (non-hydrogen) atoms. The van der Waals surface area contributed by atoms with E-state index >= 15 is 0 Å². The van der Waals surface area contributed by atoms with Crippen LogP contribution in [0.3, 0.4) is 0 Å². The van der Waals surface area contributed by atoms with Gasteiger partial charge in [0.05, 0.1) is 49.1 Å². The highest BCUT2D eigenvalue weighted by atomic mass is 35.5. The van der Waals surface area contributed by atoms with Crippen molar-refractivity contribution in [2.45, 2.75) is 31.7 Å². The lowest BCUT2D eigenvalue weighted by atomic mass is 9.89. The zero-order valence-corrected chi connectivity index (χ0v) is 28.5. The van der Waals surface area contributed by atoms with Crippen LogP contribution in [0.5, 0.6) is 23.0 Å². The van der Waals surface area contributed by atoms with Crippen molar-refractivity contribution in [1.82, 2.24) is 5.32 Å². The summed E-state index contributed by atoms with van der Waals surface area (Å²) in [7, 11) is 4.25. The minimum absolute atomic E-state index is 0.0474. The lowest BCUT2D eigenvalue weighted by molar-refractivity contribution is -0.274. The normalized spacial score (nSPS) is 12.7. The summed E-state index contributed by atoms with van der Waals surface area (Å²) in [6.45, 7) is 0.451. The zero-order chi connectivity index (χ0) is 36.0. The van der Waals surface area contributed by atoms with E-state index < -0.39 is 24.3 Å². The third kappa shape index (κ3) is 8.38. The van der Waals surface area contributed by atoms with Crippen molar-refractivity contribution in [2.24, 2.45) is 0 Å². The molecule has 0 saturated carbocycles. The number of hydrogen-bond donors (Lipinski definition) is 1. The summed E-state index contributed by atoms with van der Waals surface area (Å²) in [6, 6.07) is 15.9. The molecule has 1 aliphatic rings. The molecule has 8 nitrogen and oxygen atoms in total. The number of fused-ring (bicyclic) bond motifs is 1. The molecule has 0 saturated heterocycles. The summed E-state index contributed by atoms with van der Waals surface area (Å²) in [4.78, 5) is 26.1. The first-order valence-corrected chi connectivity index (χ1v) is 15.9. The Morgan fingerprint density at radius 3 is 2.16 bits per heavy atom. The van der Waals surface area contributed by atoms with E-state index in [1.54, 1.807) is 18.2 Å². The molecule has 0 aliphatic carbocycles. The molecule has 1 N–H and O–H groups in total. The lowest BCUT2D eigenvalue weighted by Gasteiger charge is -2.26. The maximum Gasteiger partial charge on any atom is 0.573 e. The first-order valence-electron chi connectivity index (χ1n) is 15.2. The average Bonchev–Trinajstić information content (AvgIpc) is 3.09. The van der Waals surface area contributed by atoms with E-state index in [0.29, 0.717) is 52.5 Å². The number of benzene rings is 4. The fourth-order valence-electron chi connectivity index (χ4n) is 5.55. The number of nitrogens with one attached hydrogen (secondary N) is 1. The van der Waals surface area contributed by atoms with Gasteiger partial charge in [-0.05, 0) is 72.5 Å². The van der Waals surface area contributed by atoms with Crippen LogP contribution in [-0.2, 0) is 22.4 Å². The van der Waals surface area contributed by atoms with Crippen LogP contribution in [0.2, 0.25) is 10.0 Å². The SMILES string of the molecule is COC(=O)[C@H](Cc1ccc(-c2c(OC)cc(C#Cc3ccc(OC(F)(F)F)cc3)cc2OC)c2c1CCCO2)NC(=O)c1c(Cl)cccc1Cl. The van der Waals surface area contributed by atoms with Crippen molar-refractivity contribution in [3.8, 4) is 46.0 Å². The second-order valence-corrected chi connectivity index (χ2v) is 11.8. The molecule has 0 unspecified atom stereocenters. The molecular weight excluding hydrogens is 698 g/mol. The van der Waals surface area contributed by atoms with Gasteiger partial charge in [-0.3, -0.25) is 4.79 Å². The summed E-state index contributed by atoms with van der Waals surface area (Å²) >= 11 is 12.5. The van der Waals surface area contributed by atoms with Crippen LogP contribution >= 0.6 is 23.2 Å². The van der Waals surface area contributed by atoms with Crippen LogP contribution in [0.1, 0.15) is 39.0 Å². The highest BCUT2D eigenvalue weighted by Gasteiger charge is 2.31. The van der Waals surface area contributed by atoms with Gasteiger partial charge < -0.3 is 29.0 Å². The number of rotatable bonds is 9. The molecule has 4 aromatic rings. The molecule has 1 aliphatic heterocycles. The monoisotopic (exact) mass is 727 g/mol. The van der Waals surface area contributed by atoms with E-state index in [4.69, 9.17) is 42.1 Å². The van der Waals surface area contributed by atoms with E-state index in [-0.39, 0.29) is 27.8 Å². The van der Waals surface area contributed by atoms with Crippen LogP contribution < -0.4 is 24.3 Å². The molecule has 5 rings (SSSR count). The van der Waals surface area contributed by atoms with Crippen molar-refractivity contribution in [3.05, 3.63) is 105 Å². The number of esters is 1. The van der Waals surface area contributed by atoms with Gasteiger partial charge in [-0.2, -0.15) is 0 Å². The van der Waals surface area contributed by atoms with Crippen LogP contribution in [0.15, 0.2) is 66.7 Å². The summed E-state index contributed by atoms with van der Waals surface area (Å²) in [5.41, 5.74) is 3.93. The molecule has 1 atom stereocenters. The highest BCUT2D eigenvalue weighted by molar-refractivity contribution is 6.39. The minimum atomic E-state index is -4.79. The van der Waals surface area contributed by atoms with Gasteiger partial charge >= 0.3 is 12.3 Å². The van der Waals surface area contributed by atoms with Crippen molar-refractivity contribution >= 4 is 35.1 Å². The van der Waals surface area contributed by atoms with Crippen LogP contribution in [-0.4, -0.2) is 52.2 Å². The number of methoxy groups -OCH3 is 3. The van der Waals surface area contributed by atoms with Gasteiger partial charge in [-0.1, -0.05) is 53.2 Å². The molecule has 0 bridgehead atoms. The van der Waals surface area contributed by atoms with Crippen molar-refractivity contribution < 1.29 is 46.4 Å². The largest absolute Gasteiger partial charge is 0.573 e. The summed E-state index contributed by atoms with van der Waals surface area (Å²) in [5.74, 6) is 5.75. The number of amides is 1. The van der Waals surface area contributed by atoms with Crippen LogP contribution in [0, 0.1) is 11.8 Å². The third-order valence-electron chi connectivity index (χ3n) is 7.79. The molecule has 0 fully saturated rings. The Morgan fingerprint density at radius 1 is 0.920 bits per heavy atom. The van der Waals surface area contributed by atoms with Gasteiger partial charge in [0.25, 0.3) is 5.91 Å². The predicted octanol–water partition coefficient (Wildman–Crippen LogP) is 7.82. The number of carbonyl (C=O) groups excluding carboxylic acids is 2. The van der Waals surface area contributed by atoms with Crippen molar-refractivity contribution in [1.29, 1.82) is 0 Å². The molecule has 0 spiro atoms. The molecule has 13 heteroatoms. The summed E-state index contributed by atoms with van der Waals surface area (Å²) in [6.07, 6.45) is -3.33. The molecule has 0 aromatic heterocycles. The second-order valence-electron chi connectivity index (χ2n) is 11.0. The predicted molar refractivity (Wildman–Crippen MR) is 181 cm³/mol. The van der Waals surface area contributed by atoms with Crippen molar-refractivity contribution in [3.63, 3.8) is 0 Å². The molecule has 1 amide bonds. The molecular formula is C37H30Cl2F3NO7. The Morgan fingerprint density at radius 2 is 1.56 bits per heavy atom. The maximum absolute atomic E-state index is 13.2. The molecule has 1 heterocycles. The van der Waals surface area contributed by atoms with Gasteiger partial charge in [0.15, 0.2) is 0 Å². The molecule has 260 valence electrons. The number of carbonyl (C=O) groups is 2. The van der Waals surface area contributed by atoms with Gasteiger partial charge in [-0.25, -0.2) is 4.79 Å². The zero-order valence-electron chi connectivity index (χ0n) is 27.0. The van der Waals surface area contributed by atoms with E-state index in [2.05, 4.69) is 21.9 Å². The Kier molecular flexibility index (Phi) is 11.3. The average molecular weight is 729 g/mol. The number of halogens is 5. The smallest absolute Gasteiger partial charge is 0.496 e. The van der Waals surface area contributed by atoms with Gasteiger partial charge in [0.2, 0.25) is 0 Å². The molecule has 0 radical (unpaired) electrons. The maximum atomic E-state index is 13.2. The summed E-state index contributed by atoms with van der Waals surface area (Å²) in [5, 5.41) is 3.00. The third-order valence-corrected chi connectivity index (χ3v) is 8.42. The first kappa shape index (κ1) is 36.2. The quantitative estimate of drug-likeness (QED) is 0.139. The van der Waals surface area contributed by atoms with E-state index in [1.807, 2.05) is 12.1 Å². The topological polar surface area (TPSA) is 92.3 Å². The Balaban J connectivity index is 1.48. The van der Waals surface area contributed by atoms with Gasteiger partial charge in [0, 0.05) is 23.1 Å². The summed E-state index contributed by atoms with van der Waals surface area (Å²) < 4.78 is 64.2. The van der Waals surface area contributed by atoms with Gasteiger partial charge in [0.1, 0.15) is 29.0 Å². The first-order chi connectivity index (χ1) is 23.9. The second kappa shape index (κ2) is 15.7. The van der Waals surface area contributed by atoms with E-state index in [1.165, 1.54) is 57.7 Å². The Hall–Kier alpha value is -5.05. The Labute approximate surface area is 296 Å². The number of alkyl halides is 3. The molecule has 4 aromatic carbocycles. The standard InChI is InChI=1S/C37H30Cl2F3NO7/c1-46-30-18-22(10-9-21-11-14-24(15-12-21)50-37(40,41)42)19-31(47-2)32(30)26-16-13-23(25-6-5-17-49-34(25)26)20-29(36(45)48-3)43-35(44)33-27(38)7-4-8-28(33)39/h4,7-8,11-16,18-19,29H,5-6,17,20H2,1-3H3,(H,43,44)/t29-/m0/s1. The van der Waals surface area contributed by atoms with E-state index in [9.17, 15) is 22.8 Å².